The number of urea groups is 1. The van der Waals surface area contributed by atoms with Gasteiger partial charge in [-0.2, -0.15) is 0 Å². The van der Waals surface area contributed by atoms with Crippen molar-refractivity contribution in [1.29, 1.82) is 0 Å². The number of carbonyl (C=O) groups excluding carboxylic acids is 1. The van der Waals surface area contributed by atoms with Crippen LogP contribution in [0, 0.1) is 6.92 Å². The Morgan fingerprint density at radius 1 is 1.68 bits per heavy atom. The lowest BCUT2D eigenvalue weighted by molar-refractivity contribution is 0.0838. The van der Waals surface area contributed by atoms with E-state index in [9.17, 15) is 4.79 Å². The average molecular weight is 282 g/mol. The Bertz CT molecular complexity index is 427. The van der Waals surface area contributed by atoms with Crippen LogP contribution in [0.4, 0.5) is 4.79 Å². The van der Waals surface area contributed by atoms with Gasteiger partial charge in [-0.3, -0.25) is 0 Å². The van der Waals surface area contributed by atoms with E-state index in [2.05, 4.69) is 23.7 Å². The second-order valence-corrected chi connectivity index (χ2v) is 6.17. The molecule has 2 amide bonds. The van der Waals surface area contributed by atoms with Crippen molar-refractivity contribution in [3.05, 3.63) is 21.9 Å². The zero-order chi connectivity index (χ0) is 13.8. The Hall–Kier alpha value is -1.07. The van der Waals surface area contributed by atoms with Gasteiger partial charge in [-0.05, 0) is 43.7 Å². The number of thiophene rings is 1. The highest BCUT2D eigenvalue weighted by atomic mass is 32.1. The summed E-state index contributed by atoms with van der Waals surface area (Å²) in [6, 6.07) is 2.12. The maximum absolute atomic E-state index is 12.1. The van der Waals surface area contributed by atoms with Crippen LogP contribution in [-0.2, 0) is 11.3 Å². The van der Waals surface area contributed by atoms with E-state index in [1.807, 2.05) is 14.0 Å². The Balaban J connectivity index is 1.83. The molecule has 1 aromatic rings. The number of aryl methyl sites for hydroxylation is 1. The molecule has 1 aliphatic rings. The molecule has 2 unspecified atom stereocenters. The molecule has 2 rings (SSSR count). The van der Waals surface area contributed by atoms with E-state index in [1.165, 1.54) is 10.4 Å². The van der Waals surface area contributed by atoms with Crippen LogP contribution in [0.2, 0.25) is 0 Å². The number of hydrogen-bond acceptors (Lipinski definition) is 3. The Morgan fingerprint density at radius 3 is 3.05 bits per heavy atom. The predicted octanol–water partition coefficient (Wildman–Crippen LogP) is 2.77. The number of hydrogen-bond donors (Lipinski definition) is 1. The smallest absolute Gasteiger partial charge is 0.317 e. The first-order valence-corrected chi connectivity index (χ1v) is 7.62. The van der Waals surface area contributed by atoms with Gasteiger partial charge in [-0.15, -0.1) is 11.3 Å². The topological polar surface area (TPSA) is 41.6 Å². The van der Waals surface area contributed by atoms with Crippen LogP contribution < -0.4 is 5.32 Å². The molecular weight excluding hydrogens is 260 g/mol. The van der Waals surface area contributed by atoms with Crippen molar-refractivity contribution < 1.29 is 9.53 Å². The van der Waals surface area contributed by atoms with Gasteiger partial charge >= 0.3 is 6.03 Å². The molecule has 1 aliphatic heterocycles. The third-order valence-electron chi connectivity index (χ3n) is 3.57. The lowest BCUT2D eigenvalue weighted by atomic mass is 10.1. The first kappa shape index (κ1) is 14.3. The number of rotatable bonds is 4. The maximum Gasteiger partial charge on any atom is 0.317 e. The first-order valence-electron chi connectivity index (χ1n) is 6.74. The minimum Gasteiger partial charge on any atom is -0.376 e. The quantitative estimate of drug-likeness (QED) is 0.922. The highest BCUT2D eigenvalue weighted by Gasteiger charge is 2.24. The molecule has 2 atom stereocenters. The fraction of sp³-hybridized carbons (Fsp3) is 0.643. The van der Waals surface area contributed by atoms with Gasteiger partial charge in [0.05, 0.1) is 18.7 Å². The molecule has 5 heteroatoms. The monoisotopic (exact) mass is 282 g/mol. The number of nitrogens with one attached hydrogen (secondary N) is 1. The highest BCUT2D eigenvalue weighted by molar-refractivity contribution is 7.10. The van der Waals surface area contributed by atoms with Crippen molar-refractivity contribution in [2.45, 2.75) is 45.4 Å². The molecule has 0 radical (unpaired) electrons. The molecule has 0 aromatic carbocycles. The van der Waals surface area contributed by atoms with E-state index in [0.717, 1.165) is 19.4 Å². The molecule has 1 aromatic heterocycles. The second kappa shape index (κ2) is 6.39. The van der Waals surface area contributed by atoms with E-state index >= 15 is 0 Å². The summed E-state index contributed by atoms with van der Waals surface area (Å²) in [5, 5.41) is 5.08. The second-order valence-electron chi connectivity index (χ2n) is 5.17. The fourth-order valence-corrected chi connectivity index (χ4v) is 3.21. The van der Waals surface area contributed by atoms with Gasteiger partial charge in [0.25, 0.3) is 0 Å². The molecule has 0 aliphatic carbocycles. The zero-order valence-corrected chi connectivity index (χ0v) is 12.6. The van der Waals surface area contributed by atoms with Crippen LogP contribution in [0.5, 0.6) is 0 Å². The molecule has 1 saturated heterocycles. The first-order chi connectivity index (χ1) is 9.08. The summed E-state index contributed by atoms with van der Waals surface area (Å²) in [6.45, 7) is 5.56. The zero-order valence-electron chi connectivity index (χ0n) is 11.8. The maximum atomic E-state index is 12.1. The Morgan fingerprint density at radius 2 is 2.47 bits per heavy atom. The van der Waals surface area contributed by atoms with Gasteiger partial charge in [-0.25, -0.2) is 4.79 Å². The summed E-state index contributed by atoms with van der Waals surface area (Å²) < 4.78 is 5.59. The number of nitrogens with zero attached hydrogens (tertiary/aromatic N) is 1. The van der Waals surface area contributed by atoms with Crippen LogP contribution in [0.25, 0.3) is 0 Å². The largest absolute Gasteiger partial charge is 0.376 e. The molecule has 1 fully saturated rings. The summed E-state index contributed by atoms with van der Waals surface area (Å²) in [5.41, 5.74) is 1.25. The average Bonchev–Trinajstić information content (AvgIpc) is 3.01. The van der Waals surface area contributed by atoms with Crippen molar-refractivity contribution in [3.63, 3.8) is 0 Å². The van der Waals surface area contributed by atoms with Crippen molar-refractivity contribution in [2.75, 3.05) is 13.7 Å². The molecule has 1 N–H and O–H groups in total. The van der Waals surface area contributed by atoms with Crippen molar-refractivity contribution in [2.24, 2.45) is 0 Å². The summed E-state index contributed by atoms with van der Waals surface area (Å²) >= 11 is 1.69. The molecule has 106 valence electrons. The van der Waals surface area contributed by atoms with Gasteiger partial charge in [0.15, 0.2) is 0 Å². The Kier molecular flexibility index (Phi) is 4.82. The normalized spacial score (nSPS) is 20.3. The molecule has 19 heavy (non-hydrogen) atoms. The molecular formula is C14H22N2O2S. The van der Waals surface area contributed by atoms with E-state index in [-0.39, 0.29) is 18.2 Å². The van der Waals surface area contributed by atoms with E-state index in [1.54, 1.807) is 16.2 Å². The third kappa shape index (κ3) is 3.70. The van der Waals surface area contributed by atoms with Crippen LogP contribution in [0.15, 0.2) is 11.4 Å². The van der Waals surface area contributed by atoms with E-state index in [0.29, 0.717) is 6.54 Å². The summed E-state index contributed by atoms with van der Waals surface area (Å²) in [5.74, 6) is 0. The summed E-state index contributed by atoms with van der Waals surface area (Å²) in [7, 11) is 1.83. The number of ether oxygens (including phenoxy) is 1. The third-order valence-corrected chi connectivity index (χ3v) is 4.58. The van der Waals surface area contributed by atoms with Gasteiger partial charge in [-0.1, -0.05) is 0 Å². The highest BCUT2D eigenvalue weighted by Crippen LogP contribution is 2.18. The number of carbonyl (C=O) groups is 1. The minimum absolute atomic E-state index is 0.0317. The van der Waals surface area contributed by atoms with Crippen LogP contribution in [0.1, 0.15) is 30.2 Å². The number of amides is 2. The summed E-state index contributed by atoms with van der Waals surface area (Å²) in [4.78, 5) is 15.1. The van der Waals surface area contributed by atoms with Crippen LogP contribution in [-0.4, -0.2) is 36.7 Å². The lowest BCUT2D eigenvalue weighted by Gasteiger charge is -2.24. The van der Waals surface area contributed by atoms with Gasteiger partial charge in [0, 0.05) is 18.5 Å². The molecule has 0 spiro atoms. The van der Waals surface area contributed by atoms with Crippen molar-refractivity contribution in [1.82, 2.24) is 10.2 Å². The van der Waals surface area contributed by atoms with E-state index < -0.39 is 0 Å². The van der Waals surface area contributed by atoms with Crippen LogP contribution >= 0.6 is 11.3 Å². The SMILES string of the molecule is Cc1ccsc1CN(C)C(=O)NC(C)C1CCCO1. The van der Waals surface area contributed by atoms with Gasteiger partial charge in [0.1, 0.15) is 0 Å². The molecule has 4 nitrogen and oxygen atoms in total. The van der Waals surface area contributed by atoms with Gasteiger partial charge < -0.3 is 15.0 Å². The Labute approximate surface area is 118 Å². The van der Waals surface area contributed by atoms with E-state index in [4.69, 9.17) is 4.74 Å². The standard InChI is InChI=1S/C14H22N2O2S/c1-10-6-8-19-13(10)9-16(3)14(17)15-11(2)12-5-4-7-18-12/h6,8,11-12H,4-5,7,9H2,1-3H3,(H,15,17). The molecule has 2 heterocycles. The predicted molar refractivity (Wildman–Crippen MR) is 77.5 cm³/mol. The van der Waals surface area contributed by atoms with Crippen molar-refractivity contribution >= 4 is 17.4 Å². The summed E-state index contributed by atoms with van der Waals surface area (Å²) in [6.07, 6.45) is 2.30. The van der Waals surface area contributed by atoms with Gasteiger partial charge in [0.2, 0.25) is 0 Å². The fourth-order valence-electron chi connectivity index (χ4n) is 2.25. The molecule has 0 saturated carbocycles. The molecule has 0 bridgehead atoms. The van der Waals surface area contributed by atoms with Crippen LogP contribution in [0.3, 0.4) is 0 Å². The minimum atomic E-state index is -0.0317. The van der Waals surface area contributed by atoms with Crippen molar-refractivity contribution in [3.8, 4) is 0 Å². The lowest BCUT2D eigenvalue weighted by Crippen LogP contribution is -2.46.